The molecule has 2 N–H and O–H groups in total. The van der Waals surface area contributed by atoms with E-state index in [4.69, 9.17) is 21.7 Å². The van der Waals surface area contributed by atoms with Gasteiger partial charge in [0.15, 0.2) is 4.77 Å². The van der Waals surface area contributed by atoms with Crippen LogP contribution in [-0.4, -0.2) is 49.4 Å². The number of ether oxygens (including phenoxy) is 2. The van der Waals surface area contributed by atoms with Gasteiger partial charge < -0.3 is 19.8 Å². The number of H-pyrrole nitrogens is 1. The molecule has 0 bridgehead atoms. The number of methoxy groups -OCH3 is 2. The molecule has 1 aromatic heterocycles. The molecule has 0 aliphatic carbocycles. The highest BCUT2D eigenvalue weighted by Gasteiger charge is 2.10. The molecule has 8 heteroatoms. The number of carbonyl (C=O) groups is 1. The van der Waals surface area contributed by atoms with Crippen molar-refractivity contribution < 1.29 is 14.3 Å². The summed E-state index contributed by atoms with van der Waals surface area (Å²) in [5, 5.41) is 3.23. The quantitative estimate of drug-likeness (QED) is 0.556. The van der Waals surface area contributed by atoms with Crippen LogP contribution in [0.15, 0.2) is 23.0 Å². The van der Waals surface area contributed by atoms with E-state index in [9.17, 15) is 9.59 Å². The molecule has 0 spiro atoms. The van der Waals surface area contributed by atoms with E-state index in [0.717, 1.165) is 0 Å². The molecule has 24 heavy (non-hydrogen) atoms. The minimum atomic E-state index is -0.224. The third-order valence-corrected chi connectivity index (χ3v) is 3.89. The maximum Gasteiger partial charge on any atom is 0.262 e. The Morgan fingerprint density at radius 1 is 1.29 bits per heavy atom. The van der Waals surface area contributed by atoms with E-state index in [2.05, 4.69) is 10.3 Å². The first-order chi connectivity index (χ1) is 11.6. The topological polar surface area (TPSA) is 85.3 Å². The predicted octanol–water partition coefficient (Wildman–Crippen LogP) is 1.47. The number of hydrogen-bond donors (Lipinski definition) is 2. The Morgan fingerprint density at radius 3 is 2.75 bits per heavy atom. The van der Waals surface area contributed by atoms with Gasteiger partial charge >= 0.3 is 0 Å². The number of hydrogen-bond acceptors (Lipinski definition) is 5. The average Bonchev–Trinajstić information content (AvgIpc) is 2.57. The van der Waals surface area contributed by atoms with E-state index in [1.165, 1.54) is 4.57 Å². The van der Waals surface area contributed by atoms with E-state index in [1.54, 1.807) is 32.4 Å². The first-order valence-electron chi connectivity index (χ1n) is 7.61. The third-order valence-electron chi connectivity index (χ3n) is 3.57. The van der Waals surface area contributed by atoms with Crippen molar-refractivity contribution in [3.8, 4) is 0 Å². The highest BCUT2D eigenvalue weighted by atomic mass is 32.1. The van der Waals surface area contributed by atoms with Crippen molar-refractivity contribution in [3.63, 3.8) is 0 Å². The van der Waals surface area contributed by atoms with Crippen molar-refractivity contribution in [2.24, 2.45) is 0 Å². The van der Waals surface area contributed by atoms with Crippen molar-refractivity contribution >= 4 is 29.0 Å². The van der Waals surface area contributed by atoms with Gasteiger partial charge in [-0.1, -0.05) is 0 Å². The van der Waals surface area contributed by atoms with Crippen molar-refractivity contribution in [3.05, 3.63) is 38.9 Å². The zero-order chi connectivity index (χ0) is 17.5. The normalized spacial score (nSPS) is 10.9. The molecule has 0 atom stereocenters. The lowest BCUT2D eigenvalue weighted by Crippen LogP contribution is -2.27. The average molecular weight is 351 g/mol. The summed E-state index contributed by atoms with van der Waals surface area (Å²) in [6.45, 7) is 1.90. The summed E-state index contributed by atoms with van der Waals surface area (Å²) in [5.74, 6) is -0.224. The van der Waals surface area contributed by atoms with Gasteiger partial charge in [-0.3, -0.25) is 14.2 Å². The second kappa shape index (κ2) is 8.72. The maximum atomic E-state index is 12.6. The van der Waals surface area contributed by atoms with Crippen molar-refractivity contribution in [1.82, 2.24) is 14.9 Å². The van der Waals surface area contributed by atoms with Crippen LogP contribution in [-0.2, 0) is 16.0 Å². The molecule has 0 saturated heterocycles. The van der Waals surface area contributed by atoms with Crippen LogP contribution in [0.1, 0.15) is 16.8 Å². The van der Waals surface area contributed by atoms with E-state index in [1.807, 2.05) is 0 Å². The standard InChI is InChI=1S/C16H21N3O4S/c1-22-8-3-7-19-15(21)12-5-4-11(10-13(12)18-16(19)24)14(20)17-6-9-23-2/h4-5,10H,3,6-9H2,1-2H3,(H,17,20)(H,18,24). The summed E-state index contributed by atoms with van der Waals surface area (Å²) in [6, 6.07) is 4.90. The van der Waals surface area contributed by atoms with E-state index in [-0.39, 0.29) is 11.5 Å². The highest BCUT2D eigenvalue weighted by Crippen LogP contribution is 2.11. The van der Waals surface area contributed by atoms with Gasteiger partial charge in [-0.2, -0.15) is 0 Å². The van der Waals surface area contributed by atoms with Gasteiger partial charge in [0.2, 0.25) is 0 Å². The number of fused-ring (bicyclic) bond motifs is 1. The molecule has 1 aromatic carbocycles. The van der Waals surface area contributed by atoms with Gasteiger partial charge in [0.1, 0.15) is 0 Å². The van der Waals surface area contributed by atoms with Gasteiger partial charge in [0.05, 0.1) is 17.5 Å². The van der Waals surface area contributed by atoms with Crippen LogP contribution in [0.5, 0.6) is 0 Å². The largest absolute Gasteiger partial charge is 0.385 e. The molecule has 0 radical (unpaired) electrons. The first-order valence-corrected chi connectivity index (χ1v) is 8.02. The molecule has 0 aliphatic heterocycles. The predicted molar refractivity (Wildman–Crippen MR) is 94.1 cm³/mol. The summed E-state index contributed by atoms with van der Waals surface area (Å²) in [4.78, 5) is 27.6. The molecule has 130 valence electrons. The Hall–Kier alpha value is -2.03. The molecular formula is C16H21N3O4S. The number of rotatable bonds is 8. The van der Waals surface area contributed by atoms with Gasteiger partial charge in [-0.15, -0.1) is 0 Å². The Kier molecular flexibility index (Phi) is 6.65. The Balaban J connectivity index is 2.31. The molecule has 0 aliphatic rings. The fourth-order valence-corrected chi connectivity index (χ4v) is 2.62. The van der Waals surface area contributed by atoms with Crippen LogP contribution in [0.4, 0.5) is 0 Å². The van der Waals surface area contributed by atoms with Gasteiger partial charge in [-0.05, 0) is 36.8 Å². The summed E-state index contributed by atoms with van der Waals surface area (Å²) < 4.78 is 11.7. The summed E-state index contributed by atoms with van der Waals surface area (Å²) >= 11 is 5.26. The fourth-order valence-electron chi connectivity index (χ4n) is 2.33. The maximum absolute atomic E-state index is 12.6. The van der Waals surface area contributed by atoms with Crippen molar-refractivity contribution in [1.29, 1.82) is 0 Å². The van der Waals surface area contributed by atoms with Crippen LogP contribution in [0, 0.1) is 4.77 Å². The lowest BCUT2D eigenvalue weighted by atomic mass is 10.1. The number of amides is 1. The van der Waals surface area contributed by atoms with Gasteiger partial charge in [0.25, 0.3) is 11.5 Å². The number of nitrogens with one attached hydrogen (secondary N) is 2. The molecule has 1 amide bonds. The smallest absolute Gasteiger partial charge is 0.262 e. The second-order valence-corrected chi connectivity index (χ2v) is 5.63. The summed E-state index contributed by atoms with van der Waals surface area (Å²) in [6.07, 6.45) is 0.694. The zero-order valence-electron chi connectivity index (χ0n) is 13.8. The monoisotopic (exact) mass is 351 g/mol. The van der Waals surface area contributed by atoms with Crippen molar-refractivity contribution in [2.45, 2.75) is 13.0 Å². The van der Waals surface area contributed by atoms with Crippen LogP contribution in [0.3, 0.4) is 0 Å². The first kappa shape index (κ1) is 18.3. The van der Waals surface area contributed by atoms with Crippen LogP contribution in [0.25, 0.3) is 10.9 Å². The Labute approximate surface area is 144 Å². The van der Waals surface area contributed by atoms with Gasteiger partial charge in [-0.25, -0.2) is 0 Å². The number of aromatic amines is 1. The van der Waals surface area contributed by atoms with Crippen LogP contribution >= 0.6 is 12.2 Å². The van der Waals surface area contributed by atoms with Crippen LogP contribution in [0.2, 0.25) is 0 Å². The van der Waals surface area contributed by atoms with Crippen LogP contribution < -0.4 is 10.9 Å². The molecule has 1 heterocycles. The minimum absolute atomic E-state index is 0.170. The van der Waals surface area contributed by atoms with Gasteiger partial charge in [0, 0.05) is 39.5 Å². The van der Waals surface area contributed by atoms with Crippen molar-refractivity contribution in [2.75, 3.05) is 34.0 Å². The summed E-state index contributed by atoms with van der Waals surface area (Å²) in [5.41, 5.74) is 0.837. The minimum Gasteiger partial charge on any atom is -0.385 e. The fraction of sp³-hybridized carbons (Fsp3) is 0.438. The van der Waals surface area contributed by atoms with E-state index < -0.39 is 0 Å². The zero-order valence-corrected chi connectivity index (χ0v) is 14.6. The molecular weight excluding hydrogens is 330 g/mol. The Morgan fingerprint density at radius 2 is 2.04 bits per heavy atom. The number of nitrogens with zero attached hydrogens (tertiary/aromatic N) is 1. The van der Waals surface area contributed by atoms with E-state index in [0.29, 0.717) is 54.0 Å². The third kappa shape index (κ3) is 4.28. The molecule has 2 rings (SSSR count). The lowest BCUT2D eigenvalue weighted by molar-refractivity contribution is 0.0937. The van der Waals surface area contributed by atoms with E-state index >= 15 is 0 Å². The second-order valence-electron chi connectivity index (χ2n) is 5.24. The number of aromatic nitrogens is 2. The number of carbonyl (C=O) groups excluding carboxylic acids is 1. The summed E-state index contributed by atoms with van der Waals surface area (Å²) in [7, 11) is 3.18. The Bertz CT molecular complexity index is 828. The molecule has 2 aromatic rings. The lowest BCUT2D eigenvalue weighted by Gasteiger charge is -2.09. The molecule has 0 fully saturated rings. The highest BCUT2D eigenvalue weighted by molar-refractivity contribution is 7.71. The number of benzene rings is 1. The molecule has 7 nitrogen and oxygen atoms in total. The molecule has 0 unspecified atom stereocenters. The molecule has 0 saturated carbocycles. The SMILES string of the molecule is COCCCn1c(=S)[nH]c2cc(C(=O)NCCOC)ccc2c1=O.